The van der Waals surface area contributed by atoms with E-state index in [1.807, 2.05) is 7.05 Å². The SMILES string of the molecule is CC(C)=C[C@H]1[C@@H](O[Si](C(C)C)(C(C)C)C(C)C)C(=O)N1C. The monoisotopic (exact) mass is 311 g/mol. The van der Waals surface area contributed by atoms with Crippen LogP contribution in [0.3, 0.4) is 0 Å². The van der Waals surface area contributed by atoms with Gasteiger partial charge in [0.1, 0.15) is 6.10 Å². The van der Waals surface area contributed by atoms with Crippen LogP contribution in [0, 0.1) is 0 Å². The number of likely N-dealkylation sites (N-methyl/N-ethyl adjacent to an activating group) is 1. The second-order valence-electron chi connectivity index (χ2n) is 7.54. The molecule has 1 aliphatic rings. The molecule has 1 amide bonds. The molecule has 1 rings (SSSR count). The molecule has 4 heteroatoms. The van der Waals surface area contributed by atoms with Crippen LogP contribution in [0.25, 0.3) is 0 Å². The van der Waals surface area contributed by atoms with Gasteiger partial charge in [0.05, 0.1) is 6.04 Å². The van der Waals surface area contributed by atoms with Gasteiger partial charge in [-0.1, -0.05) is 53.2 Å². The van der Waals surface area contributed by atoms with Gasteiger partial charge in [-0.2, -0.15) is 0 Å². The maximum atomic E-state index is 12.3. The second-order valence-corrected chi connectivity index (χ2v) is 12.9. The Hall–Kier alpha value is -0.613. The number of hydrogen-bond acceptors (Lipinski definition) is 2. The van der Waals surface area contributed by atoms with Gasteiger partial charge >= 0.3 is 0 Å². The molecule has 0 aromatic heterocycles. The molecular formula is C17H33NO2Si. The molecule has 0 aliphatic carbocycles. The quantitative estimate of drug-likeness (QED) is 0.414. The Kier molecular flexibility index (Phi) is 5.84. The molecule has 1 aliphatic heterocycles. The third-order valence-electron chi connectivity index (χ3n) is 4.89. The van der Waals surface area contributed by atoms with Crippen LogP contribution in [0.15, 0.2) is 11.6 Å². The van der Waals surface area contributed by atoms with Crippen molar-refractivity contribution in [1.29, 1.82) is 0 Å². The summed E-state index contributed by atoms with van der Waals surface area (Å²) in [4.78, 5) is 14.1. The van der Waals surface area contributed by atoms with Gasteiger partial charge in [-0.25, -0.2) is 0 Å². The summed E-state index contributed by atoms with van der Waals surface area (Å²) < 4.78 is 6.66. The summed E-state index contributed by atoms with van der Waals surface area (Å²) in [5, 5.41) is 0. The van der Waals surface area contributed by atoms with Crippen molar-refractivity contribution in [3.05, 3.63) is 11.6 Å². The Morgan fingerprint density at radius 2 is 1.52 bits per heavy atom. The molecule has 0 aromatic carbocycles. The fraction of sp³-hybridized carbons (Fsp3) is 0.824. The zero-order valence-corrected chi connectivity index (χ0v) is 16.2. The van der Waals surface area contributed by atoms with Crippen LogP contribution in [0.2, 0.25) is 16.6 Å². The average molecular weight is 312 g/mol. The van der Waals surface area contributed by atoms with Crippen molar-refractivity contribution in [2.75, 3.05) is 7.05 Å². The third-order valence-corrected chi connectivity index (χ3v) is 11.0. The molecule has 0 radical (unpaired) electrons. The Bertz CT molecular complexity index is 389. The number of β-lactam (4-membered cyclic amide) rings is 1. The van der Waals surface area contributed by atoms with Crippen LogP contribution in [0.1, 0.15) is 55.4 Å². The molecule has 0 unspecified atom stereocenters. The zero-order chi connectivity index (χ0) is 16.5. The molecule has 1 saturated heterocycles. The van der Waals surface area contributed by atoms with Crippen molar-refractivity contribution in [2.45, 2.75) is 84.2 Å². The van der Waals surface area contributed by atoms with E-state index in [-0.39, 0.29) is 18.1 Å². The first-order valence-corrected chi connectivity index (χ1v) is 10.3. The first-order chi connectivity index (χ1) is 9.55. The van der Waals surface area contributed by atoms with E-state index in [2.05, 4.69) is 61.5 Å². The standard InChI is InChI=1S/C17H33NO2Si/c1-11(2)10-15-16(17(19)18(15)9)20-21(12(3)4,13(5)6)14(7)8/h10,12-16H,1-9H3/t15-,16+/m0/s1. The summed E-state index contributed by atoms with van der Waals surface area (Å²) in [7, 11) is -0.131. The van der Waals surface area contributed by atoms with Crippen molar-refractivity contribution in [2.24, 2.45) is 0 Å². The minimum atomic E-state index is -2.00. The predicted octanol–water partition coefficient (Wildman–Crippen LogP) is 4.35. The summed E-state index contributed by atoms with van der Waals surface area (Å²) in [6.07, 6.45) is 1.88. The largest absolute Gasteiger partial charge is 0.402 e. The lowest BCUT2D eigenvalue weighted by atomic mass is 9.97. The molecule has 21 heavy (non-hydrogen) atoms. The van der Waals surface area contributed by atoms with Crippen molar-refractivity contribution in [3.63, 3.8) is 0 Å². The Morgan fingerprint density at radius 3 is 1.86 bits per heavy atom. The van der Waals surface area contributed by atoms with E-state index in [4.69, 9.17) is 4.43 Å². The number of amides is 1. The van der Waals surface area contributed by atoms with Gasteiger partial charge in [-0.05, 0) is 30.5 Å². The van der Waals surface area contributed by atoms with Gasteiger partial charge < -0.3 is 9.33 Å². The normalized spacial score (nSPS) is 23.0. The van der Waals surface area contributed by atoms with E-state index in [1.165, 1.54) is 5.57 Å². The molecule has 3 nitrogen and oxygen atoms in total. The van der Waals surface area contributed by atoms with Crippen LogP contribution in [0.5, 0.6) is 0 Å². The molecule has 0 spiro atoms. The molecule has 0 saturated carbocycles. The van der Waals surface area contributed by atoms with Crippen LogP contribution in [-0.2, 0) is 9.22 Å². The maximum absolute atomic E-state index is 12.3. The van der Waals surface area contributed by atoms with E-state index in [0.29, 0.717) is 16.6 Å². The number of likely N-dealkylation sites (tertiary alicyclic amines) is 1. The summed E-state index contributed by atoms with van der Waals surface area (Å²) in [6.45, 7) is 17.7. The molecular weight excluding hydrogens is 278 g/mol. The first-order valence-electron chi connectivity index (χ1n) is 8.15. The highest BCUT2D eigenvalue weighted by molar-refractivity contribution is 6.77. The molecule has 0 aromatic rings. The van der Waals surface area contributed by atoms with Crippen molar-refractivity contribution in [3.8, 4) is 0 Å². The lowest BCUT2D eigenvalue weighted by Gasteiger charge is -2.51. The highest BCUT2D eigenvalue weighted by Gasteiger charge is 2.53. The lowest BCUT2D eigenvalue weighted by Crippen LogP contribution is -2.67. The van der Waals surface area contributed by atoms with Crippen molar-refractivity contribution >= 4 is 14.2 Å². The minimum Gasteiger partial charge on any atom is -0.402 e. The van der Waals surface area contributed by atoms with Crippen LogP contribution in [-0.4, -0.2) is 38.3 Å². The van der Waals surface area contributed by atoms with Gasteiger partial charge in [0, 0.05) is 7.05 Å². The number of rotatable bonds is 6. The van der Waals surface area contributed by atoms with Crippen molar-refractivity contribution in [1.82, 2.24) is 4.90 Å². The van der Waals surface area contributed by atoms with Gasteiger partial charge in [-0.3, -0.25) is 4.79 Å². The highest BCUT2D eigenvalue weighted by Crippen LogP contribution is 2.44. The molecule has 0 bridgehead atoms. The number of nitrogens with zero attached hydrogens (tertiary/aromatic N) is 1. The smallest absolute Gasteiger partial charge is 0.253 e. The fourth-order valence-corrected chi connectivity index (χ4v) is 9.40. The fourth-order valence-electron chi connectivity index (χ4n) is 3.90. The summed E-state index contributed by atoms with van der Waals surface area (Å²) in [6, 6.07) is 0.102. The van der Waals surface area contributed by atoms with Gasteiger partial charge in [0.2, 0.25) is 8.32 Å². The topological polar surface area (TPSA) is 29.5 Å². The van der Waals surface area contributed by atoms with Gasteiger partial charge in [0.25, 0.3) is 5.91 Å². The third kappa shape index (κ3) is 3.26. The molecule has 0 N–H and O–H groups in total. The average Bonchev–Trinajstić information content (AvgIpc) is 2.35. The van der Waals surface area contributed by atoms with E-state index < -0.39 is 8.32 Å². The summed E-state index contributed by atoms with van der Waals surface area (Å²) in [5.74, 6) is 0.135. The van der Waals surface area contributed by atoms with Crippen LogP contribution in [0.4, 0.5) is 0 Å². The van der Waals surface area contributed by atoms with Gasteiger partial charge in [0.15, 0.2) is 0 Å². The van der Waals surface area contributed by atoms with E-state index >= 15 is 0 Å². The van der Waals surface area contributed by atoms with Crippen LogP contribution >= 0.6 is 0 Å². The van der Waals surface area contributed by atoms with E-state index in [9.17, 15) is 4.79 Å². The van der Waals surface area contributed by atoms with Crippen molar-refractivity contribution < 1.29 is 9.22 Å². The van der Waals surface area contributed by atoms with Crippen LogP contribution < -0.4 is 0 Å². The Morgan fingerprint density at radius 1 is 1.10 bits per heavy atom. The molecule has 122 valence electrons. The summed E-state index contributed by atoms with van der Waals surface area (Å²) in [5.41, 5.74) is 2.74. The number of hydrogen-bond donors (Lipinski definition) is 0. The number of carbonyl (C=O) groups excluding carboxylic acids is 1. The first kappa shape index (κ1) is 18.4. The zero-order valence-electron chi connectivity index (χ0n) is 15.2. The van der Waals surface area contributed by atoms with Gasteiger partial charge in [-0.15, -0.1) is 0 Å². The Labute approximate surface area is 131 Å². The highest BCUT2D eigenvalue weighted by atomic mass is 28.4. The predicted molar refractivity (Wildman–Crippen MR) is 91.9 cm³/mol. The maximum Gasteiger partial charge on any atom is 0.253 e. The molecule has 2 atom stereocenters. The number of carbonyl (C=O) groups is 1. The lowest BCUT2D eigenvalue weighted by molar-refractivity contribution is -0.157. The number of allylic oxidation sites excluding steroid dienone is 1. The van der Waals surface area contributed by atoms with E-state index in [0.717, 1.165) is 0 Å². The second kappa shape index (κ2) is 6.65. The summed E-state index contributed by atoms with van der Waals surface area (Å²) >= 11 is 0. The molecule has 1 heterocycles. The molecule has 1 fully saturated rings. The van der Waals surface area contributed by atoms with E-state index in [1.54, 1.807) is 4.90 Å². The minimum absolute atomic E-state index is 0.102. The Balaban J connectivity index is 3.09.